The van der Waals surface area contributed by atoms with Gasteiger partial charge in [0, 0.05) is 0 Å². The molecule has 0 unspecified atom stereocenters. The van der Waals surface area contributed by atoms with Crippen LogP contribution >= 0.6 is 45.2 Å². The Balaban J connectivity index is 2.02. The second kappa shape index (κ2) is 12.1. The van der Waals surface area contributed by atoms with E-state index in [-0.39, 0.29) is 10.8 Å². The molecule has 2 aromatic rings. The molecule has 0 N–H and O–H groups in total. The summed E-state index contributed by atoms with van der Waals surface area (Å²) < 4.78 is 15.1. The summed E-state index contributed by atoms with van der Waals surface area (Å²) in [5.41, 5.74) is 3.60. The Labute approximate surface area is 256 Å². The van der Waals surface area contributed by atoms with Crippen LogP contribution in [0.2, 0.25) is 13.1 Å². The van der Waals surface area contributed by atoms with Crippen LogP contribution in [-0.2, 0) is 10.8 Å². The molecule has 0 aliphatic rings. The van der Waals surface area contributed by atoms with E-state index < -0.39 is 8.07 Å². The largest absolute Gasteiger partial charge is 0.496 e. The molecule has 0 spiro atoms. The summed E-state index contributed by atoms with van der Waals surface area (Å²) >= 11 is 4.85. The third-order valence-electron chi connectivity index (χ3n) is 6.61. The third kappa shape index (κ3) is 10.7. The Morgan fingerprint density at radius 3 is 1.19 bits per heavy atom. The number of rotatable bonds is 10. The van der Waals surface area contributed by atoms with Gasteiger partial charge in [-0.05, 0) is 115 Å². The van der Waals surface area contributed by atoms with Gasteiger partial charge in [0.25, 0.3) is 0 Å². The average Bonchev–Trinajstić information content (AvgIpc) is 2.68. The topological polar surface area (TPSA) is 18.5 Å². The first kappa shape index (κ1) is 32.9. The van der Waals surface area contributed by atoms with Gasteiger partial charge in [0.15, 0.2) is 0 Å². The van der Waals surface area contributed by atoms with Crippen LogP contribution in [-0.4, -0.2) is 20.5 Å². The molecular formula is C32H50I2O2Si. The lowest BCUT2D eigenvalue weighted by Gasteiger charge is -2.33. The van der Waals surface area contributed by atoms with E-state index in [2.05, 4.69) is 164 Å². The van der Waals surface area contributed by atoms with Crippen molar-refractivity contribution >= 4 is 53.3 Å². The molecule has 0 heterocycles. The molecule has 2 aromatic carbocycles. The zero-order valence-electron chi connectivity index (χ0n) is 25.4. The smallest absolute Gasteiger partial charge is 0.136 e. The highest BCUT2D eigenvalue weighted by Crippen LogP contribution is 2.39. The van der Waals surface area contributed by atoms with Gasteiger partial charge in [-0.1, -0.05) is 94.5 Å². The van der Waals surface area contributed by atoms with Gasteiger partial charge in [-0.15, -0.1) is 0 Å². The Hall–Kier alpha value is -0.283. The number of halogens is 2. The average molecular weight is 749 g/mol. The van der Waals surface area contributed by atoms with Crippen molar-refractivity contribution < 1.29 is 9.47 Å². The molecule has 0 amide bonds. The predicted octanol–water partition coefficient (Wildman–Crippen LogP) is 10.6. The number of hydrogen-bond acceptors (Lipinski definition) is 2. The second-order valence-corrected chi connectivity index (χ2v) is 22.5. The van der Waals surface area contributed by atoms with Gasteiger partial charge in [0.2, 0.25) is 0 Å². The number of hydrogen-bond donors (Lipinski definition) is 0. The van der Waals surface area contributed by atoms with E-state index >= 15 is 0 Å². The van der Waals surface area contributed by atoms with E-state index in [0.717, 1.165) is 36.8 Å². The van der Waals surface area contributed by atoms with Crippen LogP contribution in [0.25, 0.3) is 0 Å². The van der Waals surface area contributed by atoms with Gasteiger partial charge < -0.3 is 9.47 Å². The molecule has 0 saturated carbocycles. The molecule has 0 fully saturated rings. The van der Waals surface area contributed by atoms with Crippen molar-refractivity contribution in [2.24, 2.45) is 10.8 Å². The summed E-state index contributed by atoms with van der Waals surface area (Å²) in [6, 6.07) is 13.4. The first-order valence-electron chi connectivity index (χ1n) is 13.5. The van der Waals surface area contributed by atoms with Crippen molar-refractivity contribution in [3.63, 3.8) is 0 Å². The van der Waals surface area contributed by atoms with Crippen LogP contribution in [0, 0.1) is 18.0 Å². The zero-order valence-corrected chi connectivity index (χ0v) is 30.7. The lowest BCUT2D eigenvalue weighted by Crippen LogP contribution is -2.41. The van der Waals surface area contributed by atoms with Crippen molar-refractivity contribution in [1.29, 1.82) is 0 Å². The van der Waals surface area contributed by atoms with E-state index in [1.165, 1.54) is 18.3 Å². The molecular weight excluding hydrogens is 698 g/mol. The molecule has 0 radical (unpaired) electrons. The normalized spacial score (nSPS) is 13.6. The SMILES string of the molecule is CC(C)(C)CC(C)(C)c1ccc(OC[Si](C)(C)COc2ccc(C(C)(C)CC(C)(C)C)cc2I)c(I)c1. The Bertz CT molecular complexity index is 976. The van der Waals surface area contributed by atoms with Crippen molar-refractivity contribution in [3.05, 3.63) is 54.7 Å². The summed E-state index contributed by atoms with van der Waals surface area (Å²) in [7, 11) is -1.73. The summed E-state index contributed by atoms with van der Waals surface area (Å²) in [5.74, 6) is 1.97. The summed E-state index contributed by atoms with van der Waals surface area (Å²) in [6.07, 6.45) is 3.75. The molecule has 37 heavy (non-hydrogen) atoms. The highest BCUT2D eigenvalue weighted by atomic mass is 127. The lowest BCUT2D eigenvalue weighted by atomic mass is 9.72. The predicted molar refractivity (Wildman–Crippen MR) is 181 cm³/mol. The van der Waals surface area contributed by atoms with Crippen LogP contribution in [0.3, 0.4) is 0 Å². The van der Waals surface area contributed by atoms with Crippen LogP contribution in [0.4, 0.5) is 0 Å². The van der Waals surface area contributed by atoms with Crippen molar-refractivity contribution in [1.82, 2.24) is 0 Å². The summed E-state index contributed by atoms with van der Waals surface area (Å²) in [6.45, 7) is 27.9. The Morgan fingerprint density at radius 2 is 0.919 bits per heavy atom. The second-order valence-electron chi connectivity index (χ2n) is 15.3. The van der Waals surface area contributed by atoms with Crippen LogP contribution < -0.4 is 9.47 Å². The standard InChI is InChI=1S/C32H50I2O2Si/c1-29(2,3)19-31(7,8)23-13-15-27(25(33)17-23)35-21-37(11,12)22-36-28-16-14-24(18-26(28)34)32(9,10)20-30(4,5)6/h13-18H,19-22H2,1-12H3. The number of benzene rings is 2. The minimum atomic E-state index is -1.73. The molecule has 208 valence electrons. The Morgan fingerprint density at radius 1 is 0.595 bits per heavy atom. The fourth-order valence-corrected chi connectivity index (χ4v) is 8.04. The van der Waals surface area contributed by atoms with Gasteiger partial charge in [0.05, 0.1) is 19.6 Å². The number of ether oxygens (including phenoxy) is 2. The minimum Gasteiger partial charge on any atom is -0.496 e. The molecule has 0 aromatic heterocycles. The van der Waals surface area contributed by atoms with Crippen molar-refractivity contribution in [2.45, 2.75) is 106 Å². The van der Waals surface area contributed by atoms with Gasteiger partial charge in [-0.25, -0.2) is 0 Å². The van der Waals surface area contributed by atoms with E-state index in [0.29, 0.717) is 10.8 Å². The fourth-order valence-electron chi connectivity index (χ4n) is 5.52. The highest BCUT2D eigenvalue weighted by Gasteiger charge is 2.30. The van der Waals surface area contributed by atoms with Gasteiger partial charge in [-0.2, -0.15) is 0 Å². The fraction of sp³-hybridized carbons (Fsp3) is 0.625. The van der Waals surface area contributed by atoms with Gasteiger partial charge >= 0.3 is 0 Å². The monoisotopic (exact) mass is 748 g/mol. The zero-order chi connectivity index (χ0) is 28.4. The van der Waals surface area contributed by atoms with E-state index in [9.17, 15) is 0 Å². The minimum absolute atomic E-state index is 0.132. The van der Waals surface area contributed by atoms with E-state index in [4.69, 9.17) is 9.47 Å². The van der Waals surface area contributed by atoms with Crippen LogP contribution in [0.5, 0.6) is 11.5 Å². The van der Waals surface area contributed by atoms with Crippen LogP contribution in [0.1, 0.15) is 93.2 Å². The van der Waals surface area contributed by atoms with Gasteiger partial charge in [0.1, 0.15) is 19.6 Å². The Kier molecular flexibility index (Phi) is 10.7. The van der Waals surface area contributed by atoms with E-state index in [1.807, 2.05) is 0 Å². The van der Waals surface area contributed by atoms with Gasteiger partial charge in [-0.3, -0.25) is 0 Å². The highest BCUT2D eigenvalue weighted by molar-refractivity contribution is 14.1. The maximum Gasteiger partial charge on any atom is 0.136 e. The molecule has 5 heteroatoms. The third-order valence-corrected chi connectivity index (χ3v) is 10.1. The summed E-state index contributed by atoms with van der Waals surface area (Å²) in [4.78, 5) is 0. The quantitative estimate of drug-likeness (QED) is 0.178. The molecule has 2 nitrogen and oxygen atoms in total. The molecule has 0 bridgehead atoms. The van der Waals surface area contributed by atoms with Crippen molar-refractivity contribution in [2.75, 3.05) is 12.5 Å². The molecule has 2 rings (SSSR count). The first-order chi connectivity index (χ1) is 16.6. The lowest BCUT2D eigenvalue weighted by molar-refractivity contribution is 0.283. The van der Waals surface area contributed by atoms with E-state index in [1.54, 1.807) is 0 Å². The summed E-state index contributed by atoms with van der Waals surface area (Å²) in [5, 5.41) is 0. The maximum atomic E-state index is 6.37. The molecule has 0 saturated heterocycles. The van der Waals surface area contributed by atoms with Crippen LogP contribution in [0.15, 0.2) is 36.4 Å². The maximum absolute atomic E-state index is 6.37. The molecule has 0 aliphatic heterocycles. The molecule has 0 aliphatic carbocycles. The molecule has 0 atom stereocenters. The van der Waals surface area contributed by atoms with Crippen molar-refractivity contribution in [3.8, 4) is 11.5 Å². The first-order valence-corrected chi connectivity index (χ1v) is 19.0.